The number of aliphatic carboxylic acids is 1. The van der Waals surface area contributed by atoms with Crippen LogP contribution >= 0.6 is 0 Å². The fraction of sp³-hybridized carbons (Fsp3) is 0.767. The Bertz CT molecular complexity index is 1030. The van der Waals surface area contributed by atoms with Crippen LogP contribution in [0.2, 0.25) is 0 Å². The van der Waals surface area contributed by atoms with Crippen molar-refractivity contribution in [1.82, 2.24) is 0 Å². The van der Waals surface area contributed by atoms with Gasteiger partial charge in [0.05, 0.1) is 5.41 Å². The number of carbonyl (C=O) groups is 3. The van der Waals surface area contributed by atoms with Gasteiger partial charge in [-0.05, 0) is 85.2 Å². The molecule has 4 nitrogen and oxygen atoms in total. The highest BCUT2D eigenvalue weighted by Crippen LogP contribution is 2.74. The van der Waals surface area contributed by atoms with E-state index in [1.54, 1.807) is 6.08 Å². The maximum absolute atomic E-state index is 14.2. The van der Waals surface area contributed by atoms with Crippen LogP contribution in [0.4, 0.5) is 0 Å². The molecule has 34 heavy (non-hydrogen) atoms. The summed E-state index contributed by atoms with van der Waals surface area (Å²) in [7, 11) is 0. The van der Waals surface area contributed by atoms with Crippen molar-refractivity contribution in [1.29, 1.82) is 0 Å². The van der Waals surface area contributed by atoms with E-state index in [0.717, 1.165) is 31.3 Å². The topological polar surface area (TPSA) is 71.4 Å². The first kappa shape index (κ1) is 24.0. The highest BCUT2D eigenvalue weighted by atomic mass is 16.4. The molecule has 5 rings (SSSR count). The zero-order chi connectivity index (χ0) is 25.1. The summed E-state index contributed by atoms with van der Waals surface area (Å²) < 4.78 is 0. The monoisotopic (exact) mass is 466 g/mol. The molecule has 0 unspecified atom stereocenters. The summed E-state index contributed by atoms with van der Waals surface area (Å²) in [5.41, 5.74) is -0.949. The molecule has 0 heterocycles. The molecule has 3 saturated carbocycles. The first-order valence-electron chi connectivity index (χ1n) is 13.4. The third-order valence-electron chi connectivity index (χ3n) is 12.4. The van der Waals surface area contributed by atoms with Crippen LogP contribution in [-0.2, 0) is 14.4 Å². The predicted molar refractivity (Wildman–Crippen MR) is 132 cm³/mol. The average Bonchev–Trinajstić information content (AvgIpc) is 2.74. The maximum Gasteiger partial charge on any atom is 0.310 e. The second-order valence-corrected chi connectivity index (χ2v) is 13.9. The quantitative estimate of drug-likeness (QED) is 0.496. The molecule has 0 aliphatic heterocycles. The Kier molecular flexibility index (Phi) is 4.90. The molecule has 5 aliphatic rings. The third kappa shape index (κ3) is 2.58. The third-order valence-corrected chi connectivity index (χ3v) is 12.4. The van der Waals surface area contributed by atoms with Gasteiger partial charge in [-0.1, -0.05) is 60.1 Å². The molecule has 0 aromatic rings. The molecule has 9 atom stereocenters. The fourth-order valence-electron chi connectivity index (χ4n) is 10.00. The van der Waals surface area contributed by atoms with E-state index in [-0.39, 0.29) is 51.5 Å². The number of ketones is 2. The molecule has 5 aliphatic carbocycles. The molecule has 0 radical (unpaired) electrons. The Morgan fingerprint density at radius 3 is 2.29 bits per heavy atom. The number of fused-ring (bicyclic) bond motifs is 7. The lowest BCUT2D eigenvalue weighted by atomic mass is 9.34. The van der Waals surface area contributed by atoms with Gasteiger partial charge in [-0.25, -0.2) is 0 Å². The predicted octanol–water partition coefficient (Wildman–Crippen LogP) is 6.25. The number of carboxylic acids is 1. The van der Waals surface area contributed by atoms with Crippen LogP contribution in [0.15, 0.2) is 23.8 Å². The maximum atomic E-state index is 14.2. The van der Waals surface area contributed by atoms with Crippen LogP contribution < -0.4 is 0 Å². The number of hydrogen-bond donors (Lipinski definition) is 1. The average molecular weight is 467 g/mol. The molecule has 4 heteroatoms. The van der Waals surface area contributed by atoms with E-state index in [9.17, 15) is 19.5 Å². The summed E-state index contributed by atoms with van der Waals surface area (Å²) in [6.07, 6.45) is 10.7. The van der Waals surface area contributed by atoms with Crippen LogP contribution in [0.5, 0.6) is 0 Å². The van der Waals surface area contributed by atoms with Crippen molar-refractivity contribution in [2.45, 2.75) is 87.0 Å². The molecule has 0 spiro atoms. The zero-order valence-corrected chi connectivity index (χ0v) is 22.0. The van der Waals surface area contributed by atoms with Crippen LogP contribution in [0, 0.1) is 56.7 Å². The van der Waals surface area contributed by atoms with Crippen molar-refractivity contribution in [2.24, 2.45) is 56.7 Å². The zero-order valence-electron chi connectivity index (χ0n) is 22.0. The van der Waals surface area contributed by atoms with E-state index in [2.05, 4.69) is 40.7 Å². The Morgan fingerprint density at radius 1 is 0.971 bits per heavy atom. The largest absolute Gasteiger partial charge is 0.481 e. The smallest absolute Gasteiger partial charge is 0.310 e. The van der Waals surface area contributed by atoms with Crippen LogP contribution in [0.3, 0.4) is 0 Å². The van der Waals surface area contributed by atoms with Gasteiger partial charge >= 0.3 is 5.97 Å². The summed E-state index contributed by atoms with van der Waals surface area (Å²) in [5.74, 6) is 0.189. The van der Waals surface area contributed by atoms with Crippen molar-refractivity contribution in [3.8, 4) is 0 Å². The molecular weight excluding hydrogens is 424 g/mol. The minimum atomic E-state index is -0.749. The van der Waals surface area contributed by atoms with Gasteiger partial charge < -0.3 is 5.11 Å². The number of allylic oxidation sites excluding steroid dienone is 4. The molecule has 1 N–H and O–H groups in total. The van der Waals surface area contributed by atoms with Crippen molar-refractivity contribution in [2.75, 3.05) is 0 Å². The molecule has 0 bridgehead atoms. The van der Waals surface area contributed by atoms with E-state index in [0.29, 0.717) is 18.8 Å². The van der Waals surface area contributed by atoms with Crippen molar-refractivity contribution in [3.05, 3.63) is 23.8 Å². The minimum absolute atomic E-state index is 0.0836. The van der Waals surface area contributed by atoms with E-state index >= 15 is 0 Å². The SMILES string of the molecule is C[C@H]1[C@H](C)CC[C@]2(C(=O)O)CC[C@]3(C)C(=CC(=O)[C@@H]4[C@@]5(C)C=CC(=O)C(C)(C)[C@@H]5CC[C@]43C)[C@H]12. The highest BCUT2D eigenvalue weighted by molar-refractivity contribution is 5.99. The molecule has 0 saturated heterocycles. The van der Waals surface area contributed by atoms with Crippen LogP contribution in [-0.4, -0.2) is 22.6 Å². The highest BCUT2D eigenvalue weighted by Gasteiger charge is 2.70. The Hall–Kier alpha value is -1.71. The molecule has 0 aromatic carbocycles. The van der Waals surface area contributed by atoms with Crippen LogP contribution in [0.25, 0.3) is 0 Å². The number of carbonyl (C=O) groups excluding carboxylic acids is 2. The number of hydrogen-bond acceptors (Lipinski definition) is 3. The van der Waals surface area contributed by atoms with Crippen LogP contribution in [0.1, 0.15) is 87.0 Å². The fourth-order valence-corrected chi connectivity index (χ4v) is 10.00. The van der Waals surface area contributed by atoms with Gasteiger partial charge in [0.15, 0.2) is 11.6 Å². The molecule has 186 valence electrons. The first-order valence-corrected chi connectivity index (χ1v) is 13.4. The van der Waals surface area contributed by atoms with Gasteiger partial charge in [0.2, 0.25) is 0 Å². The molecule has 0 aromatic heterocycles. The lowest BCUT2D eigenvalue weighted by Crippen LogP contribution is -2.66. The first-order chi connectivity index (χ1) is 15.7. The summed E-state index contributed by atoms with van der Waals surface area (Å²) in [5, 5.41) is 10.5. The van der Waals surface area contributed by atoms with Gasteiger partial charge in [0.25, 0.3) is 0 Å². The number of rotatable bonds is 1. The molecular formula is C30H42O4. The lowest BCUT2D eigenvalue weighted by Gasteiger charge is -2.69. The van der Waals surface area contributed by atoms with Gasteiger partial charge in [-0.3, -0.25) is 14.4 Å². The van der Waals surface area contributed by atoms with E-state index in [4.69, 9.17) is 0 Å². The van der Waals surface area contributed by atoms with E-state index in [1.807, 2.05) is 19.9 Å². The normalized spacial score (nSPS) is 51.5. The Balaban J connectivity index is 1.70. The van der Waals surface area contributed by atoms with Crippen molar-refractivity contribution in [3.63, 3.8) is 0 Å². The Morgan fingerprint density at radius 2 is 1.65 bits per heavy atom. The van der Waals surface area contributed by atoms with Crippen molar-refractivity contribution < 1.29 is 19.5 Å². The second kappa shape index (κ2) is 6.95. The lowest BCUT2D eigenvalue weighted by molar-refractivity contribution is -0.180. The van der Waals surface area contributed by atoms with Gasteiger partial charge in [-0.15, -0.1) is 0 Å². The number of carboxylic acid groups (broad SMARTS) is 1. The molecule has 3 fully saturated rings. The van der Waals surface area contributed by atoms with Gasteiger partial charge in [0, 0.05) is 16.7 Å². The van der Waals surface area contributed by atoms with Gasteiger partial charge in [-0.2, -0.15) is 0 Å². The van der Waals surface area contributed by atoms with E-state index < -0.39 is 16.8 Å². The Labute approximate surface area is 204 Å². The van der Waals surface area contributed by atoms with E-state index in [1.165, 1.54) is 0 Å². The second-order valence-electron chi connectivity index (χ2n) is 13.9. The standard InChI is InChI=1S/C30H42O4/c1-17-8-13-30(25(33)34)15-14-28(6)19(23(30)18(17)2)16-20(31)24-27(5)11-10-22(32)26(3,4)21(27)9-12-29(24,28)7/h10-11,16-18,21,23-24H,8-9,12-15H2,1-7H3,(H,33,34)/t17-,18+,21+,23+,24-,27+,28-,29-,30+/m1/s1. The van der Waals surface area contributed by atoms with Crippen molar-refractivity contribution >= 4 is 17.5 Å². The summed E-state index contributed by atoms with van der Waals surface area (Å²) in [6, 6.07) is 0. The summed E-state index contributed by atoms with van der Waals surface area (Å²) in [4.78, 5) is 39.8. The minimum Gasteiger partial charge on any atom is -0.481 e. The summed E-state index contributed by atoms with van der Waals surface area (Å²) in [6.45, 7) is 15.4. The summed E-state index contributed by atoms with van der Waals surface area (Å²) >= 11 is 0. The molecule has 0 amide bonds. The van der Waals surface area contributed by atoms with Gasteiger partial charge in [0.1, 0.15) is 0 Å².